The lowest BCUT2D eigenvalue weighted by Crippen LogP contribution is -2.38. The van der Waals surface area contributed by atoms with Crippen LogP contribution in [0.5, 0.6) is 0 Å². The van der Waals surface area contributed by atoms with Crippen molar-refractivity contribution in [3.63, 3.8) is 0 Å². The summed E-state index contributed by atoms with van der Waals surface area (Å²) >= 11 is 0. The van der Waals surface area contributed by atoms with Gasteiger partial charge in [0, 0.05) is 30.8 Å². The molecule has 0 aromatic heterocycles. The Balaban J connectivity index is 1.58. The van der Waals surface area contributed by atoms with Crippen molar-refractivity contribution in [2.24, 2.45) is 11.7 Å². The van der Waals surface area contributed by atoms with Crippen molar-refractivity contribution in [1.29, 1.82) is 5.41 Å². The number of nitrogens with zero attached hydrogens (tertiary/aromatic N) is 1. The Morgan fingerprint density at radius 1 is 1.15 bits per heavy atom. The van der Waals surface area contributed by atoms with Crippen molar-refractivity contribution < 1.29 is 23.1 Å². The first-order chi connectivity index (χ1) is 16.1. The molecule has 6 N–H and O–H groups in total. The van der Waals surface area contributed by atoms with Crippen molar-refractivity contribution in [3.05, 3.63) is 54.1 Å². The number of benzene rings is 2. The van der Waals surface area contributed by atoms with Gasteiger partial charge in [-0.15, -0.1) is 0 Å². The van der Waals surface area contributed by atoms with Gasteiger partial charge in [-0.2, -0.15) is 4.72 Å². The van der Waals surface area contributed by atoms with Gasteiger partial charge in [0.2, 0.25) is 15.9 Å². The van der Waals surface area contributed by atoms with Gasteiger partial charge in [0.1, 0.15) is 16.8 Å². The van der Waals surface area contributed by atoms with E-state index in [1.165, 1.54) is 25.1 Å². The molecule has 1 atom stereocenters. The lowest BCUT2D eigenvalue weighted by molar-refractivity contribution is -0.138. The highest BCUT2D eigenvalue weighted by Gasteiger charge is 2.26. The number of aliphatic carboxylic acids is 1. The molecule has 2 aromatic carbocycles. The van der Waals surface area contributed by atoms with Crippen molar-refractivity contribution in [2.75, 3.05) is 23.3 Å². The summed E-state index contributed by atoms with van der Waals surface area (Å²) in [5, 5.41) is 19.2. The number of nitrogens with one attached hydrogen (secondary N) is 3. The van der Waals surface area contributed by atoms with E-state index in [4.69, 9.17) is 16.2 Å². The molecule has 1 aliphatic heterocycles. The molecule has 0 saturated carbocycles. The second kappa shape index (κ2) is 10.7. The number of carboxylic acids is 1. The zero-order chi connectivity index (χ0) is 24.9. The van der Waals surface area contributed by atoms with Crippen molar-refractivity contribution in [2.45, 2.75) is 37.1 Å². The summed E-state index contributed by atoms with van der Waals surface area (Å²) in [5.74, 6) is -1.41. The summed E-state index contributed by atoms with van der Waals surface area (Å²) in [5.41, 5.74) is 7.32. The van der Waals surface area contributed by atoms with Crippen molar-refractivity contribution in [1.82, 2.24) is 4.72 Å². The average molecular weight is 488 g/mol. The third kappa shape index (κ3) is 6.33. The van der Waals surface area contributed by atoms with Crippen LogP contribution < -0.4 is 20.7 Å². The summed E-state index contributed by atoms with van der Waals surface area (Å²) in [4.78, 5) is 25.7. The molecule has 182 valence electrons. The molecule has 0 radical (unpaired) electrons. The predicted octanol–water partition coefficient (Wildman–Crippen LogP) is 1.97. The van der Waals surface area contributed by atoms with Gasteiger partial charge in [-0.3, -0.25) is 15.0 Å². The van der Waals surface area contributed by atoms with Gasteiger partial charge in [0.15, 0.2) is 0 Å². The zero-order valence-corrected chi connectivity index (χ0v) is 19.6. The largest absolute Gasteiger partial charge is 0.480 e. The molecule has 1 heterocycles. The number of carbonyl (C=O) groups is 2. The number of carboxylic acid groups (broad SMARTS) is 1. The van der Waals surface area contributed by atoms with E-state index in [1.807, 2.05) is 24.3 Å². The normalized spacial score (nSPS) is 15.5. The minimum atomic E-state index is -4.13. The molecule has 0 bridgehead atoms. The summed E-state index contributed by atoms with van der Waals surface area (Å²) in [6.07, 6.45) is 1.86. The molecule has 11 heteroatoms. The van der Waals surface area contributed by atoms with E-state index in [-0.39, 0.29) is 34.7 Å². The monoisotopic (exact) mass is 487 g/mol. The molecule has 1 aliphatic rings. The molecule has 34 heavy (non-hydrogen) atoms. The van der Waals surface area contributed by atoms with Gasteiger partial charge in [-0.1, -0.05) is 12.1 Å². The number of nitrogens with two attached hydrogens (primary N) is 1. The zero-order valence-electron chi connectivity index (χ0n) is 18.8. The van der Waals surface area contributed by atoms with Crippen LogP contribution in [0.3, 0.4) is 0 Å². The van der Waals surface area contributed by atoms with E-state index in [0.29, 0.717) is 5.56 Å². The second-order valence-electron chi connectivity index (χ2n) is 8.32. The quantitative estimate of drug-likeness (QED) is 0.266. The molecule has 2 aromatic rings. The second-order valence-corrected chi connectivity index (χ2v) is 10.0. The maximum atomic E-state index is 12.7. The van der Waals surface area contributed by atoms with Crippen LogP contribution in [0.25, 0.3) is 0 Å². The number of nitrogen functional groups attached to an aromatic ring is 1. The van der Waals surface area contributed by atoms with E-state index in [1.54, 1.807) is 6.07 Å². The minimum absolute atomic E-state index is 0.0258. The van der Waals surface area contributed by atoms with Crippen LogP contribution in [0.4, 0.5) is 11.4 Å². The molecular formula is C23H29N5O5S. The van der Waals surface area contributed by atoms with Crippen LogP contribution in [-0.4, -0.2) is 50.4 Å². The summed E-state index contributed by atoms with van der Waals surface area (Å²) < 4.78 is 27.3. The fraction of sp³-hybridized carbons (Fsp3) is 0.348. The minimum Gasteiger partial charge on any atom is -0.480 e. The number of anilines is 2. The molecule has 0 unspecified atom stereocenters. The summed E-state index contributed by atoms with van der Waals surface area (Å²) in [6.45, 7) is 2.78. The molecule has 0 aliphatic carbocycles. The number of sulfonamides is 1. The Kier molecular flexibility index (Phi) is 7.90. The fourth-order valence-corrected chi connectivity index (χ4v) is 5.22. The summed E-state index contributed by atoms with van der Waals surface area (Å²) in [6, 6.07) is 12.1. The van der Waals surface area contributed by atoms with E-state index in [0.717, 1.165) is 31.6 Å². The van der Waals surface area contributed by atoms with Gasteiger partial charge in [0.25, 0.3) is 0 Å². The standard InChI is InChI=1S/C23H29N5O5S/c1-15(23(30)31)27-34(32,33)20-5-3-2-4-19(20)26-21(29)14-16-10-12-28(13-11-16)18-8-6-17(7-9-18)22(24)25/h2-9,15-16,27H,10-14H2,1H3,(H3,24,25)(H,26,29)(H,30,31)/t15-/m0/s1. The first-order valence-electron chi connectivity index (χ1n) is 10.9. The lowest BCUT2D eigenvalue weighted by Gasteiger charge is -2.33. The first-order valence-corrected chi connectivity index (χ1v) is 12.4. The molecule has 1 amide bonds. The van der Waals surface area contributed by atoms with E-state index < -0.39 is 22.0 Å². The van der Waals surface area contributed by atoms with Crippen molar-refractivity contribution in [3.8, 4) is 0 Å². The SMILES string of the molecule is C[C@H](NS(=O)(=O)c1ccccc1NC(=O)CC1CCN(c2ccc(C(=N)N)cc2)CC1)C(=O)O. The predicted molar refractivity (Wildman–Crippen MR) is 130 cm³/mol. The smallest absolute Gasteiger partial charge is 0.321 e. The molecular weight excluding hydrogens is 458 g/mol. The number of amidine groups is 1. The van der Waals surface area contributed by atoms with E-state index >= 15 is 0 Å². The summed E-state index contributed by atoms with van der Waals surface area (Å²) in [7, 11) is -4.13. The first kappa shape index (κ1) is 25.2. The van der Waals surface area contributed by atoms with Crippen LogP contribution >= 0.6 is 0 Å². The number of rotatable bonds is 9. The van der Waals surface area contributed by atoms with Crippen molar-refractivity contribution >= 4 is 39.1 Å². The Hall–Kier alpha value is -3.44. The third-order valence-corrected chi connectivity index (χ3v) is 7.38. The Bertz CT molecular complexity index is 1160. The number of amides is 1. The van der Waals surface area contributed by atoms with Crippen LogP contribution in [-0.2, 0) is 19.6 Å². The molecule has 1 fully saturated rings. The highest BCUT2D eigenvalue weighted by atomic mass is 32.2. The van der Waals surface area contributed by atoms with Gasteiger partial charge in [-0.05, 0) is 62.1 Å². The van der Waals surface area contributed by atoms with Crippen LogP contribution in [0.1, 0.15) is 31.7 Å². The lowest BCUT2D eigenvalue weighted by atomic mass is 9.93. The Morgan fingerprint density at radius 3 is 2.35 bits per heavy atom. The number of hydrogen-bond donors (Lipinski definition) is 5. The molecule has 0 spiro atoms. The van der Waals surface area contributed by atoms with Crippen LogP contribution in [0.2, 0.25) is 0 Å². The average Bonchev–Trinajstić information content (AvgIpc) is 2.79. The van der Waals surface area contributed by atoms with Gasteiger partial charge < -0.3 is 21.1 Å². The number of carbonyl (C=O) groups excluding carboxylic acids is 1. The molecule has 10 nitrogen and oxygen atoms in total. The van der Waals surface area contributed by atoms with Gasteiger partial charge in [0.05, 0.1) is 5.69 Å². The van der Waals surface area contributed by atoms with Crippen LogP contribution in [0.15, 0.2) is 53.4 Å². The molecule has 1 saturated heterocycles. The van der Waals surface area contributed by atoms with E-state index in [2.05, 4.69) is 14.9 Å². The maximum absolute atomic E-state index is 12.7. The van der Waals surface area contributed by atoms with Gasteiger partial charge in [-0.25, -0.2) is 8.42 Å². The van der Waals surface area contributed by atoms with Gasteiger partial charge >= 0.3 is 5.97 Å². The topological polar surface area (TPSA) is 166 Å². The molecule has 3 rings (SSSR count). The number of hydrogen-bond acceptors (Lipinski definition) is 6. The Labute approximate surface area is 198 Å². The number of para-hydroxylation sites is 1. The van der Waals surface area contributed by atoms with E-state index in [9.17, 15) is 18.0 Å². The highest BCUT2D eigenvalue weighted by molar-refractivity contribution is 7.89. The maximum Gasteiger partial charge on any atom is 0.321 e. The third-order valence-electron chi connectivity index (χ3n) is 5.79. The van der Waals surface area contributed by atoms with Crippen LogP contribution in [0, 0.1) is 11.3 Å². The number of piperidine rings is 1. The Morgan fingerprint density at radius 2 is 1.76 bits per heavy atom. The highest BCUT2D eigenvalue weighted by Crippen LogP contribution is 2.27. The fourth-order valence-electron chi connectivity index (χ4n) is 3.86.